The lowest BCUT2D eigenvalue weighted by atomic mass is 10.00. The van der Waals surface area contributed by atoms with Gasteiger partial charge in [-0.1, -0.05) is 6.07 Å². The molecule has 0 aliphatic carbocycles. The predicted octanol–water partition coefficient (Wildman–Crippen LogP) is 1.97. The van der Waals surface area contributed by atoms with E-state index in [0.717, 1.165) is 23.7 Å². The summed E-state index contributed by atoms with van der Waals surface area (Å²) in [5.41, 5.74) is 0.879. The van der Waals surface area contributed by atoms with Crippen LogP contribution in [0.4, 0.5) is 0 Å². The van der Waals surface area contributed by atoms with E-state index in [1.54, 1.807) is 22.1 Å². The summed E-state index contributed by atoms with van der Waals surface area (Å²) in [4.78, 5) is 13.0. The number of aromatic nitrogens is 2. The van der Waals surface area contributed by atoms with E-state index in [1.165, 1.54) is 12.8 Å². The molecule has 100 valence electrons. The van der Waals surface area contributed by atoms with Crippen molar-refractivity contribution in [3.63, 3.8) is 0 Å². The molecular weight excluding hydrogens is 258 g/mol. The van der Waals surface area contributed by atoms with Crippen LogP contribution in [0.3, 0.4) is 0 Å². The first-order chi connectivity index (χ1) is 9.33. The maximum absolute atomic E-state index is 11.9. The fraction of sp³-hybridized carbons (Fsp3) is 0.429. The van der Waals surface area contributed by atoms with Crippen molar-refractivity contribution in [3.05, 3.63) is 40.0 Å². The van der Waals surface area contributed by atoms with Gasteiger partial charge in [0.05, 0.1) is 4.88 Å². The molecule has 19 heavy (non-hydrogen) atoms. The Morgan fingerprint density at radius 2 is 2.37 bits per heavy atom. The van der Waals surface area contributed by atoms with Gasteiger partial charge in [-0.2, -0.15) is 5.10 Å². The largest absolute Gasteiger partial charge is 0.316 e. The Morgan fingerprint density at radius 1 is 1.42 bits per heavy atom. The van der Waals surface area contributed by atoms with E-state index in [-0.39, 0.29) is 5.56 Å². The quantitative estimate of drug-likeness (QED) is 0.931. The zero-order valence-electron chi connectivity index (χ0n) is 10.7. The highest BCUT2D eigenvalue weighted by atomic mass is 32.1. The van der Waals surface area contributed by atoms with Crippen LogP contribution in [0, 0.1) is 5.92 Å². The first-order valence-electron chi connectivity index (χ1n) is 6.66. The first kappa shape index (κ1) is 12.6. The van der Waals surface area contributed by atoms with E-state index in [4.69, 9.17) is 0 Å². The van der Waals surface area contributed by atoms with Gasteiger partial charge in [-0.25, -0.2) is 4.68 Å². The smallest absolute Gasteiger partial charge is 0.266 e. The van der Waals surface area contributed by atoms with E-state index in [0.29, 0.717) is 12.5 Å². The van der Waals surface area contributed by atoms with Crippen molar-refractivity contribution in [3.8, 4) is 10.6 Å². The van der Waals surface area contributed by atoms with E-state index < -0.39 is 0 Å². The summed E-state index contributed by atoms with van der Waals surface area (Å²) in [7, 11) is 0. The minimum atomic E-state index is -0.00844. The lowest BCUT2D eigenvalue weighted by Crippen LogP contribution is -2.35. The number of nitrogens with zero attached hydrogens (tertiary/aromatic N) is 2. The monoisotopic (exact) mass is 275 g/mol. The molecule has 0 saturated carbocycles. The van der Waals surface area contributed by atoms with Crippen molar-refractivity contribution in [1.82, 2.24) is 15.1 Å². The van der Waals surface area contributed by atoms with Crippen LogP contribution in [0.5, 0.6) is 0 Å². The molecule has 1 saturated heterocycles. The Bertz CT molecular complexity index is 585. The van der Waals surface area contributed by atoms with Gasteiger partial charge in [-0.15, -0.1) is 11.3 Å². The predicted molar refractivity (Wildman–Crippen MR) is 77.4 cm³/mol. The summed E-state index contributed by atoms with van der Waals surface area (Å²) in [6, 6.07) is 7.47. The molecule has 0 radical (unpaired) electrons. The van der Waals surface area contributed by atoms with Crippen molar-refractivity contribution in [2.45, 2.75) is 19.4 Å². The number of piperidine rings is 1. The molecule has 0 unspecified atom stereocenters. The summed E-state index contributed by atoms with van der Waals surface area (Å²) < 4.78 is 1.62. The molecule has 2 aromatic heterocycles. The van der Waals surface area contributed by atoms with Crippen LogP contribution in [-0.2, 0) is 6.54 Å². The van der Waals surface area contributed by atoms with Crippen LogP contribution in [0.1, 0.15) is 12.8 Å². The van der Waals surface area contributed by atoms with Gasteiger partial charge >= 0.3 is 0 Å². The van der Waals surface area contributed by atoms with E-state index >= 15 is 0 Å². The summed E-state index contributed by atoms with van der Waals surface area (Å²) in [5.74, 6) is 0.512. The summed E-state index contributed by atoms with van der Waals surface area (Å²) >= 11 is 1.65. The van der Waals surface area contributed by atoms with Crippen LogP contribution in [-0.4, -0.2) is 22.9 Å². The third kappa shape index (κ3) is 2.93. The van der Waals surface area contributed by atoms with Crippen LogP contribution < -0.4 is 10.9 Å². The van der Waals surface area contributed by atoms with Gasteiger partial charge < -0.3 is 5.32 Å². The molecule has 1 N–H and O–H groups in total. The molecule has 1 aliphatic heterocycles. The Balaban J connectivity index is 1.84. The number of thiophene rings is 1. The van der Waals surface area contributed by atoms with Crippen molar-refractivity contribution >= 4 is 11.3 Å². The fourth-order valence-corrected chi connectivity index (χ4v) is 3.15. The molecule has 4 nitrogen and oxygen atoms in total. The average molecular weight is 275 g/mol. The molecular formula is C14H17N3OS. The highest BCUT2D eigenvalue weighted by molar-refractivity contribution is 7.13. The second-order valence-corrected chi connectivity index (χ2v) is 5.88. The molecule has 1 fully saturated rings. The second-order valence-electron chi connectivity index (χ2n) is 4.93. The fourth-order valence-electron chi connectivity index (χ4n) is 2.46. The van der Waals surface area contributed by atoms with E-state index in [2.05, 4.69) is 10.4 Å². The molecule has 3 heterocycles. The number of rotatable bonds is 3. The molecule has 0 bridgehead atoms. The summed E-state index contributed by atoms with van der Waals surface area (Å²) in [6.45, 7) is 2.79. The molecule has 1 atom stereocenters. The molecule has 3 rings (SSSR count). The van der Waals surface area contributed by atoms with Crippen LogP contribution in [0.2, 0.25) is 0 Å². The van der Waals surface area contributed by atoms with E-state index in [1.807, 2.05) is 23.6 Å². The van der Waals surface area contributed by atoms with Gasteiger partial charge in [0.2, 0.25) is 0 Å². The molecule has 2 aromatic rings. The van der Waals surface area contributed by atoms with Gasteiger partial charge in [0.25, 0.3) is 5.56 Å². The molecule has 5 heteroatoms. The van der Waals surface area contributed by atoms with Gasteiger partial charge in [0, 0.05) is 12.6 Å². The van der Waals surface area contributed by atoms with Gasteiger partial charge in [0.1, 0.15) is 5.69 Å². The zero-order chi connectivity index (χ0) is 13.1. The zero-order valence-corrected chi connectivity index (χ0v) is 11.5. The maximum Gasteiger partial charge on any atom is 0.266 e. The first-order valence-corrected chi connectivity index (χ1v) is 7.53. The van der Waals surface area contributed by atoms with Gasteiger partial charge in [-0.3, -0.25) is 4.79 Å². The highest BCUT2D eigenvalue weighted by Gasteiger charge is 2.15. The Morgan fingerprint density at radius 3 is 3.11 bits per heavy atom. The third-order valence-corrected chi connectivity index (χ3v) is 4.36. The number of hydrogen-bond acceptors (Lipinski definition) is 4. The molecule has 1 aliphatic rings. The minimum absolute atomic E-state index is 0.00844. The standard InChI is InChI=1S/C14H17N3OS/c18-14-6-5-12(13-4-2-8-19-13)16-17(14)10-11-3-1-7-15-9-11/h2,4-6,8,11,15H,1,3,7,9-10H2/t11-/m1/s1. The lowest BCUT2D eigenvalue weighted by Gasteiger charge is -2.22. The van der Waals surface area contributed by atoms with Crippen LogP contribution >= 0.6 is 11.3 Å². The average Bonchev–Trinajstić information content (AvgIpc) is 2.96. The van der Waals surface area contributed by atoms with Crippen LogP contribution in [0.15, 0.2) is 34.4 Å². The maximum atomic E-state index is 11.9. The highest BCUT2D eigenvalue weighted by Crippen LogP contribution is 2.21. The van der Waals surface area contributed by atoms with E-state index in [9.17, 15) is 4.79 Å². The van der Waals surface area contributed by atoms with Gasteiger partial charge in [-0.05, 0) is 49.4 Å². The van der Waals surface area contributed by atoms with Crippen molar-refractivity contribution in [2.75, 3.05) is 13.1 Å². The SMILES string of the molecule is O=c1ccc(-c2cccs2)nn1C[C@@H]1CCCNC1. The lowest BCUT2D eigenvalue weighted by molar-refractivity contribution is 0.320. The minimum Gasteiger partial charge on any atom is -0.316 e. The Labute approximate surface area is 116 Å². The number of nitrogens with one attached hydrogen (secondary N) is 1. The molecule has 0 aromatic carbocycles. The van der Waals surface area contributed by atoms with Crippen molar-refractivity contribution in [1.29, 1.82) is 0 Å². The third-order valence-electron chi connectivity index (χ3n) is 3.47. The normalized spacial score (nSPS) is 19.5. The topological polar surface area (TPSA) is 46.9 Å². The number of hydrogen-bond donors (Lipinski definition) is 1. The molecule has 0 amide bonds. The van der Waals surface area contributed by atoms with Gasteiger partial charge in [0.15, 0.2) is 0 Å². The summed E-state index contributed by atoms with van der Waals surface area (Å²) in [6.07, 6.45) is 2.36. The molecule has 0 spiro atoms. The van der Waals surface area contributed by atoms with Crippen molar-refractivity contribution in [2.24, 2.45) is 5.92 Å². The van der Waals surface area contributed by atoms with Crippen LogP contribution in [0.25, 0.3) is 10.6 Å². The van der Waals surface area contributed by atoms with Crippen molar-refractivity contribution < 1.29 is 0 Å². The summed E-state index contributed by atoms with van der Waals surface area (Å²) in [5, 5.41) is 9.90. The Hall–Kier alpha value is -1.46. The Kier molecular flexibility index (Phi) is 3.75. The second kappa shape index (κ2) is 5.67.